The van der Waals surface area contributed by atoms with E-state index in [4.69, 9.17) is 0 Å². The number of carbonyl (C=O) groups is 2. The van der Waals surface area contributed by atoms with Gasteiger partial charge in [0, 0.05) is 12.0 Å². The highest BCUT2D eigenvalue weighted by Crippen LogP contribution is 2.44. The van der Waals surface area contributed by atoms with Gasteiger partial charge < -0.3 is 4.74 Å². The summed E-state index contributed by atoms with van der Waals surface area (Å²) in [5.41, 5.74) is 1.78. The van der Waals surface area contributed by atoms with Crippen LogP contribution in [0.4, 0.5) is 8.78 Å². The number of benzene rings is 1. The summed E-state index contributed by atoms with van der Waals surface area (Å²) in [6.45, 7) is 1.80. The van der Waals surface area contributed by atoms with Crippen molar-refractivity contribution in [3.8, 4) is 0 Å². The van der Waals surface area contributed by atoms with Crippen molar-refractivity contribution in [2.24, 2.45) is 0 Å². The van der Waals surface area contributed by atoms with Crippen molar-refractivity contribution < 1.29 is 23.1 Å². The number of fused-ring (bicyclic) bond motifs is 1. The van der Waals surface area contributed by atoms with Gasteiger partial charge in [0.05, 0.1) is 7.11 Å². The Bertz CT molecular complexity index is 545. The van der Waals surface area contributed by atoms with Crippen molar-refractivity contribution in [1.29, 1.82) is 0 Å². The van der Waals surface area contributed by atoms with Crippen LogP contribution in [0.5, 0.6) is 0 Å². The van der Waals surface area contributed by atoms with Gasteiger partial charge in [-0.25, -0.2) is 0 Å². The average Bonchev–Trinajstić information content (AvgIpc) is 2.62. The highest BCUT2D eigenvalue weighted by molar-refractivity contribution is 8.02. The summed E-state index contributed by atoms with van der Waals surface area (Å²) in [7, 11) is 1.09. The normalized spacial score (nSPS) is 21.6. The van der Waals surface area contributed by atoms with E-state index in [9.17, 15) is 18.4 Å². The topological polar surface area (TPSA) is 43.4 Å². The number of aryl methyl sites for hydroxylation is 1. The molecule has 0 radical (unpaired) electrons. The van der Waals surface area contributed by atoms with Crippen molar-refractivity contribution in [3.63, 3.8) is 0 Å². The number of ketones is 1. The zero-order valence-corrected chi connectivity index (χ0v) is 11.2. The molecule has 0 fully saturated rings. The highest BCUT2D eigenvalue weighted by Gasteiger charge is 2.55. The van der Waals surface area contributed by atoms with Gasteiger partial charge in [-0.3, -0.25) is 9.59 Å². The quantitative estimate of drug-likeness (QED) is 0.633. The van der Waals surface area contributed by atoms with Crippen LogP contribution in [0.1, 0.15) is 21.5 Å². The molecule has 0 bridgehead atoms. The van der Waals surface area contributed by atoms with Crippen LogP contribution < -0.4 is 0 Å². The lowest BCUT2D eigenvalue weighted by atomic mass is 10.0. The average molecular weight is 286 g/mol. The molecule has 6 heteroatoms. The Kier molecular flexibility index (Phi) is 3.62. The second-order valence-electron chi connectivity index (χ2n) is 4.36. The van der Waals surface area contributed by atoms with E-state index in [1.54, 1.807) is 25.1 Å². The SMILES string of the molecule is COC(=O)C1(SC(F)F)Cc2ccc(C)cc2C1=O. The van der Waals surface area contributed by atoms with Crippen molar-refractivity contribution >= 4 is 23.5 Å². The summed E-state index contributed by atoms with van der Waals surface area (Å²) in [5.74, 6) is -4.33. The van der Waals surface area contributed by atoms with Gasteiger partial charge in [-0.15, -0.1) is 0 Å². The maximum Gasteiger partial charge on any atom is 0.330 e. The number of hydrogen-bond acceptors (Lipinski definition) is 4. The molecular formula is C13H12F2O3S. The predicted molar refractivity (Wildman–Crippen MR) is 67.6 cm³/mol. The molecule has 0 heterocycles. The molecule has 0 aromatic heterocycles. The minimum absolute atomic E-state index is 0.0525. The molecule has 1 aliphatic carbocycles. The van der Waals surface area contributed by atoms with Crippen LogP contribution in [0.2, 0.25) is 0 Å². The van der Waals surface area contributed by atoms with E-state index in [1.807, 2.05) is 0 Å². The Morgan fingerprint density at radius 2 is 2.16 bits per heavy atom. The van der Waals surface area contributed by atoms with E-state index < -0.39 is 22.3 Å². The summed E-state index contributed by atoms with van der Waals surface area (Å²) >= 11 is 0.0553. The second-order valence-corrected chi connectivity index (χ2v) is 5.65. The van der Waals surface area contributed by atoms with Crippen LogP contribution in [0.3, 0.4) is 0 Å². The fourth-order valence-corrected chi connectivity index (χ4v) is 3.19. The first kappa shape index (κ1) is 14.0. The largest absolute Gasteiger partial charge is 0.468 e. The van der Waals surface area contributed by atoms with Gasteiger partial charge in [-0.05, 0) is 18.6 Å². The molecular weight excluding hydrogens is 274 g/mol. The molecule has 3 nitrogen and oxygen atoms in total. The van der Waals surface area contributed by atoms with Crippen LogP contribution in [-0.4, -0.2) is 29.4 Å². The summed E-state index contributed by atoms with van der Waals surface area (Å²) in [5, 5.41) is 0. The summed E-state index contributed by atoms with van der Waals surface area (Å²) < 4.78 is 28.1. The molecule has 19 heavy (non-hydrogen) atoms. The Hall–Kier alpha value is -1.43. The lowest BCUT2D eigenvalue weighted by molar-refractivity contribution is -0.142. The first-order valence-corrected chi connectivity index (χ1v) is 6.47. The first-order valence-electron chi connectivity index (χ1n) is 5.59. The Balaban J connectivity index is 2.49. The number of esters is 1. The van der Waals surface area contributed by atoms with E-state index in [0.29, 0.717) is 11.1 Å². The number of carbonyl (C=O) groups excluding carboxylic acids is 2. The predicted octanol–water partition coefficient (Wildman–Crippen LogP) is 2.60. The number of halogens is 2. The number of hydrogen-bond donors (Lipinski definition) is 0. The Morgan fingerprint density at radius 3 is 2.74 bits per heavy atom. The third-order valence-corrected chi connectivity index (χ3v) is 4.20. The highest BCUT2D eigenvalue weighted by atomic mass is 32.2. The smallest absolute Gasteiger partial charge is 0.330 e. The third kappa shape index (κ3) is 2.25. The molecule has 0 saturated carbocycles. The number of methoxy groups -OCH3 is 1. The van der Waals surface area contributed by atoms with Gasteiger partial charge in [-0.2, -0.15) is 8.78 Å². The van der Waals surface area contributed by atoms with Crippen LogP contribution in [0.25, 0.3) is 0 Å². The van der Waals surface area contributed by atoms with Crippen molar-refractivity contribution in [1.82, 2.24) is 0 Å². The van der Waals surface area contributed by atoms with E-state index >= 15 is 0 Å². The number of Topliss-reactive ketones (excluding diaryl/α,β-unsaturated/α-hetero) is 1. The maximum atomic E-state index is 12.7. The summed E-state index contributed by atoms with van der Waals surface area (Å²) in [6, 6.07) is 5.10. The molecule has 1 atom stereocenters. The number of thioether (sulfide) groups is 1. The molecule has 1 aromatic carbocycles. The summed E-state index contributed by atoms with van der Waals surface area (Å²) in [4.78, 5) is 24.2. The third-order valence-electron chi connectivity index (χ3n) is 3.12. The lowest BCUT2D eigenvalue weighted by Gasteiger charge is -2.22. The van der Waals surface area contributed by atoms with E-state index in [2.05, 4.69) is 4.74 Å². The fraction of sp³-hybridized carbons (Fsp3) is 0.385. The summed E-state index contributed by atoms with van der Waals surface area (Å²) in [6.07, 6.45) is -0.0525. The van der Waals surface area contributed by atoms with Crippen molar-refractivity contribution in [3.05, 3.63) is 34.9 Å². The van der Waals surface area contributed by atoms with Gasteiger partial charge in [0.2, 0.25) is 0 Å². The fourth-order valence-electron chi connectivity index (χ4n) is 2.25. The molecule has 2 rings (SSSR count). The molecule has 1 aromatic rings. The molecule has 1 unspecified atom stereocenters. The first-order chi connectivity index (χ1) is 8.90. The molecule has 0 amide bonds. The Morgan fingerprint density at radius 1 is 1.47 bits per heavy atom. The van der Waals surface area contributed by atoms with E-state index in [-0.39, 0.29) is 18.2 Å². The molecule has 1 aliphatic rings. The standard InChI is InChI=1S/C13H12F2O3S/c1-7-3-4-8-6-13(11(17)18-2,19-12(14)15)10(16)9(8)5-7/h3-5,12H,6H2,1-2H3. The zero-order valence-electron chi connectivity index (χ0n) is 10.4. The van der Waals surface area contributed by atoms with Gasteiger partial charge in [0.1, 0.15) is 0 Å². The number of rotatable bonds is 3. The van der Waals surface area contributed by atoms with Crippen LogP contribution >= 0.6 is 11.8 Å². The van der Waals surface area contributed by atoms with Crippen LogP contribution in [0.15, 0.2) is 18.2 Å². The zero-order chi connectivity index (χ0) is 14.2. The molecule has 0 saturated heterocycles. The van der Waals surface area contributed by atoms with Crippen LogP contribution in [0, 0.1) is 6.92 Å². The molecule has 0 spiro atoms. The maximum absolute atomic E-state index is 12.7. The van der Waals surface area contributed by atoms with E-state index in [1.165, 1.54) is 0 Å². The minimum atomic E-state index is -2.82. The molecule has 0 aliphatic heterocycles. The van der Waals surface area contributed by atoms with Gasteiger partial charge in [-0.1, -0.05) is 29.5 Å². The number of alkyl halides is 2. The van der Waals surface area contributed by atoms with Crippen molar-refractivity contribution in [2.75, 3.05) is 7.11 Å². The minimum Gasteiger partial charge on any atom is -0.468 e. The second kappa shape index (κ2) is 4.92. The Labute approximate surface area is 113 Å². The lowest BCUT2D eigenvalue weighted by Crippen LogP contribution is -2.43. The van der Waals surface area contributed by atoms with Gasteiger partial charge in [0.25, 0.3) is 5.76 Å². The van der Waals surface area contributed by atoms with Crippen molar-refractivity contribution in [2.45, 2.75) is 23.8 Å². The molecule has 102 valence electrons. The monoisotopic (exact) mass is 286 g/mol. The molecule has 0 N–H and O–H groups in total. The number of ether oxygens (including phenoxy) is 1. The van der Waals surface area contributed by atoms with E-state index in [0.717, 1.165) is 12.7 Å². The van der Waals surface area contributed by atoms with Gasteiger partial charge >= 0.3 is 5.97 Å². The van der Waals surface area contributed by atoms with Crippen LogP contribution in [-0.2, 0) is 16.0 Å². The van der Waals surface area contributed by atoms with Gasteiger partial charge in [0.15, 0.2) is 10.5 Å².